The SMILES string of the molecule is CCCCCCCCCCC1CCCC(CCCCCCCCCC)C1=O. The number of rotatable bonds is 18. The Morgan fingerprint density at radius 3 is 1.26 bits per heavy atom. The van der Waals surface area contributed by atoms with Crippen LogP contribution in [0, 0.1) is 11.8 Å². The number of unbranched alkanes of at least 4 members (excludes halogenated alkanes) is 14. The molecule has 0 spiro atoms. The summed E-state index contributed by atoms with van der Waals surface area (Å²) >= 11 is 0. The van der Waals surface area contributed by atoms with Crippen LogP contribution in [0.1, 0.15) is 149 Å². The zero-order chi connectivity index (χ0) is 19.6. The molecule has 1 rings (SSSR count). The van der Waals surface area contributed by atoms with Crippen molar-refractivity contribution >= 4 is 5.78 Å². The molecule has 0 radical (unpaired) electrons. The summed E-state index contributed by atoms with van der Waals surface area (Å²) in [6, 6.07) is 0. The Balaban J connectivity index is 2.02. The lowest BCUT2D eigenvalue weighted by atomic mass is 9.76. The maximum atomic E-state index is 12.8. The normalized spacial score (nSPS) is 20.3. The van der Waals surface area contributed by atoms with Crippen molar-refractivity contribution in [2.75, 3.05) is 0 Å². The lowest BCUT2D eigenvalue weighted by Crippen LogP contribution is -2.28. The van der Waals surface area contributed by atoms with Gasteiger partial charge in [0, 0.05) is 11.8 Å². The van der Waals surface area contributed by atoms with Crippen LogP contribution in [0.2, 0.25) is 0 Å². The number of ketones is 1. The lowest BCUT2D eigenvalue weighted by molar-refractivity contribution is -0.129. The Morgan fingerprint density at radius 2 is 0.889 bits per heavy atom. The summed E-state index contributed by atoms with van der Waals surface area (Å²) in [5.41, 5.74) is 0. The molecule has 1 saturated carbocycles. The van der Waals surface area contributed by atoms with E-state index in [-0.39, 0.29) is 0 Å². The van der Waals surface area contributed by atoms with Crippen molar-refractivity contribution in [3.63, 3.8) is 0 Å². The second-order valence-corrected chi connectivity index (χ2v) is 9.25. The molecule has 0 amide bonds. The minimum Gasteiger partial charge on any atom is -0.299 e. The molecule has 1 aliphatic rings. The molecule has 0 heterocycles. The van der Waals surface area contributed by atoms with Crippen LogP contribution in [0.5, 0.6) is 0 Å². The zero-order valence-corrected chi connectivity index (χ0v) is 18.9. The smallest absolute Gasteiger partial charge is 0.139 e. The average Bonchev–Trinajstić information content (AvgIpc) is 2.68. The molecular formula is C26H50O. The Hall–Kier alpha value is -0.330. The summed E-state index contributed by atoms with van der Waals surface area (Å²) < 4.78 is 0. The van der Waals surface area contributed by atoms with Gasteiger partial charge in [0.05, 0.1) is 0 Å². The van der Waals surface area contributed by atoms with Gasteiger partial charge in [0.1, 0.15) is 5.78 Å². The van der Waals surface area contributed by atoms with E-state index < -0.39 is 0 Å². The van der Waals surface area contributed by atoms with E-state index in [9.17, 15) is 4.79 Å². The van der Waals surface area contributed by atoms with Gasteiger partial charge >= 0.3 is 0 Å². The van der Waals surface area contributed by atoms with E-state index >= 15 is 0 Å². The minimum atomic E-state index is 0.415. The summed E-state index contributed by atoms with van der Waals surface area (Å²) in [6.45, 7) is 4.56. The highest BCUT2D eigenvalue weighted by atomic mass is 16.1. The molecule has 0 aliphatic heterocycles. The molecule has 2 unspecified atom stereocenters. The van der Waals surface area contributed by atoms with Gasteiger partial charge in [-0.15, -0.1) is 0 Å². The predicted octanol–water partition coefficient (Wildman–Crippen LogP) is 9.03. The van der Waals surface area contributed by atoms with E-state index in [4.69, 9.17) is 0 Å². The van der Waals surface area contributed by atoms with Crippen molar-refractivity contribution in [3.05, 3.63) is 0 Å². The summed E-state index contributed by atoms with van der Waals surface area (Å²) in [7, 11) is 0. The number of hydrogen-bond donors (Lipinski definition) is 0. The summed E-state index contributed by atoms with van der Waals surface area (Å²) in [5.74, 6) is 1.47. The standard InChI is InChI=1S/C26H50O/c1-3-5-7-9-11-13-15-17-20-24-22-19-23-25(26(24)27)21-18-16-14-12-10-8-6-4-2/h24-25H,3-23H2,1-2H3. The second kappa shape index (κ2) is 17.7. The zero-order valence-electron chi connectivity index (χ0n) is 18.9. The molecule has 0 aromatic rings. The largest absolute Gasteiger partial charge is 0.299 e. The molecule has 0 bridgehead atoms. The third-order valence-corrected chi connectivity index (χ3v) is 6.72. The van der Waals surface area contributed by atoms with E-state index in [0.29, 0.717) is 17.6 Å². The van der Waals surface area contributed by atoms with Crippen LogP contribution < -0.4 is 0 Å². The van der Waals surface area contributed by atoms with Crippen LogP contribution in [-0.4, -0.2) is 5.78 Å². The molecule has 1 aliphatic carbocycles. The van der Waals surface area contributed by atoms with Gasteiger partial charge in [0.2, 0.25) is 0 Å². The number of hydrogen-bond acceptors (Lipinski definition) is 1. The minimum absolute atomic E-state index is 0.415. The first kappa shape index (κ1) is 24.7. The monoisotopic (exact) mass is 378 g/mol. The third kappa shape index (κ3) is 12.7. The second-order valence-electron chi connectivity index (χ2n) is 9.25. The van der Waals surface area contributed by atoms with Gasteiger partial charge < -0.3 is 0 Å². The quantitative estimate of drug-likeness (QED) is 0.217. The van der Waals surface area contributed by atoms with Gasteiger partial charge in [-0.05, 0) is 25.7 Å². The number of carbonyl (C=O) groups excluding carboxylic acids is 1. The summed E-state index contributed by atoms with van der Waals surface area (Å²) in [6.07, 6.45) is 28.0. The first-order chi connectivity index (χ1) is 13.3. The molecule has 0 N–H and O–H groups in total. The predicted molar refractivity (Wildman–Crippen MR) is 120 cm³/mol. The highest BCUT2D eigenvalue weighted by Crippen LogP contribution is 2.32. The van der Waals surface area contributed by atoms with Gasteiger partial charge in [0.15, 0.2) is 0 Å². The van der Waals surface area contributed by atoms with E-state index in [1.54, 1.807) is 0 Å². The first-order valence-electron chi connectivity index (χ1n) is 12.8. The highest BCUT2D eigenvalue weighted by molar-refractivity contribution is 5.84. The van der Waals surface area contributed by atoms with Crippen molar-refractivity contribution in [3.8, 4) is 0 Å². The van der Waals surface area contributed by atoms with E-state index in [1.165, 1.54) is 135 Å². The van der Waals surface area contributed by atoms with Crippen LogP contribution in [-0.2, 0) is 4.79 Å². The van der Waals surface area contributed by atoms with Crippen molar-refractivity contribution in [2.45, 2.75) is 149 Å². The Kier molecular flexibility index (Phi) is 16.2. The van der Waals surface area contributed by atoms with Crippen LogP contribution in [0.4, 0.5) is 0 Å². The maximum Gasteiger partial charge on any atom is 0.139 e. The van der Waals surface area contributed by atoms with Gasteiger partial charge in [-0.1, -0.05) is 123 Å². The topological polar surface area (TPSA) is 17.1 Å². The molecule has 0 aromatic heterocycles. The molecule has 0 saturated heterocycles. The van der Waals surface area contributed by atoms with E-state index in [0.717, 1.165) is 0 Å². The van der Waals surface area contributed by atoms with Gasteiger partial charge in [-0.2, -0.15) is 0 Å². The van der Waals surface area contributed by atoms with Crippen molar-refractivity contribution in [1.29, 1.82) is 0 Å². The van der Waals surface area contributed by atoms with Crippen LogP contribution in [0.15, 0.2) is 0 Å². The highest BCUT2D eigenvalue weighted by Gasteiger charge is 2.29. The van der Waals surface area contributed by atoms with Crippen molar-refractivity contribution in [1.82, 2.24) is 0 Å². The van der Waals surface area contributed by atoms with Gasteiger partial charge in [0.25, 0.3) is 0 Å². The molecule has 27 heavy (non-hydrogen) atoms. The molecular weight excluding hydrogens is 328 g/mol. The molecule has 160 valence electrons. The molecule has 1 heteroatoms. The van der Waals surface area contributed by atoms with Crippen LogP contribution in [0.25, 0.3) is 0 Å². The fraction of sp³-hybridized carbons (Fsp3) is 0.962. The Bertz CT molecular complexity index is 305. The Labute approximate surface area is 171 Å². The lowest BCUT2D eigenvalue weighted by Gasteiger charge is -2.28. The summed E-state index contributed by atoms with van der Waals surface area (Å²) in [5, 5.41) is 0. The fourth-order valence-electron chi connectivity index (χ4n) is 4.85. The molecule has 0 aromatic carbocycles. The van der Waals surface area contributed by atoms with Gasteiger partial charge in [-0.3, -0.25) is 4.79 Å². The fourth-order valence-corrected chi connectivity index (χ4v) is 4.85. The van der Waals surface area contributed by atoms with E-state index in [2.05, 4.69) is 13.8 Å². The van der Waals surface area contributed by atoms with Gasteiger partial charge in [-0.25, -0.2) is 0 Å². The summed E-state index contributed by atoms with van der Waals surface area (Å²) in [4.78, 5) is 12.8. The van der Waals surface area contributed by atoms with Crippen LogP contribution in [0.3, 0.4) is 0 Å². The molecule has 1 fully saturated rings. The maximum absolute atomic E-state index is 12.8. The van der Waals surface area contributed by atoms with Crippen molar-refractivity contribution < 1.29 is 4.79 Å². The number of carbonyl (C=O) groups is 1. The molecule has 2 atom stereocenters. The first-order valence-corrected chi connectivity index (χ1v) is 12.8. The van der Waals surface area contributed by atoms with E-state index in [1.807, 2.05) is 0 Å². The Morgan fingerprint density at radius 1 is 0.556 bits per heavy atom. The average molecular weight is 379 g/mol. The third-order valence-electron chi connectivity index (χ3n) is 6.72. The molecule has 1 nitrogen and oxygen atoms in total. The van der Waals surface area contributed by atoms with Crippen molar-refractivity contribution in [2.24, 2.45) is 11.8 Å². The number of Topliss-reactive ketones (excluding diaryl/α,β-unsaturated/α-hetero) is 1. The van der Waals surface area contributed by atoms with Crippen LogP contribution >= 0.6 is 0 Å².